The minimum atomic E-state index is -0.0985. The summed E-state index contributed by atoms with van der Waals surface area (Å²) in [6.07, 6.45) is 3.62. The van der Waals surface area contributed by atoms with E-state index in [9.17, 15) is 9.59 Å². The van der Waals surface area contributed by atoms with Crippen LogP contribution in [0.4, 0.5) is 0 Å². The lowest BCUT2D eigenvalue weighted by molar-refractivity contribution is -0.132. The van der Waals surface area contributed by atoms with Gasteiger partial charge in [0.15, 0.2) is 0 Å². The van der Waals surface area contributed by atoms with Crippen LogP contribution in [0.2, 0.25) is 0 Å². The number of carbonyl (C=O) groups is 1. The highest BCUT2D eigenvalue weighted by Gasteiger charge is 2.32. The van der Waals surface area contributed by atoms with E-state index in [2.05, 4.69) is 11.2 Å². The Hall–Kier alpha value is -3.06. The molecule has 1 aliphatic heterocycles. The molecule has 146 valence electrons. The summed E-state index contributed by atoms with van der Waals surface area (Å²) in [6, 6.07) is 15.5. The summed E-state index contributed by atoms with van der Waals surface area (Å²) in [5.74, 6) is 0.108. The van der Waals surface area contributed by atoms with Crippen molar-refractivity contribution in [1.29, 1.82) is 0 Å². The molecule has 2 aromatic heterocycles. The Balaban J connectivity index is 1.35. The number of para-hydroxylation sites is 2. The molecule has 5 rings (SSSR count). The summed E-state index contributed by atoms with van der Waals surface area (Å²) >= 11 is 1.68. The van der Waals surface area contributed by atoms with Gasteiger partial charge in [-0.1, -0.05) is 24.3 Å². The Morgan fingerprint density at radius 2 is 1.97 bits per heavy atom. The second-order valence-electron chi connectivity index (χ2n) is 7.26. The number of likely N-dealkylation sites (tertiary alicyclic amines) is 1. The topological polar surface area (TPSA) is 68.1 Å². The molecule has 2 aromatic carbocycles. The zero-order valence-corrected chi connectivity index (χ0v) is 16.6. The first-order valence-electron chi connectivity index (χ1n) is 9.80. The van der Waals surface area contributed by atoms with Crippen molar-refractivity contribution in [2.45, 2.75) is 31.8 Å². The molecule has 0 bridgehead atoms. The van der Waals surface area contributed by atoms with Crippen LogP contribution in [0, 0.1) is 0 Å². The third-order valence-electron chi connectivity index (χ3n) is 5.47. The van der Waals surface area contributed by atoms with E-state index >= 15 is 0 Å². The highest BCUT2D eigenvalue weighted by molar-refractivity contribution is 7.18. The van der Waals surface area contributed by atoms with Gasteiger partial charge in [0, 0.05) is 18.4 Å². The van der Waals surface area contributed by atoms with E-state index in [1.165, 1.54) is 6.20 Å². The van der Waals surface area contributed by atoms with Crippen molar-refractivity contribution in [3.63, 3.8) is 0 Å². The average molecular weight is 404 g/mol. The molecule has 4 aromatic rings. The van der Waals surface area contributed by atoms with Crippen LogP contribution in [0.25, 0.3) is 21.1 Å². The first kappa shape index (κ1) is 18.0. The number of aromatic nitrogens is 3. The van der Waals surface area contributed by atoms with Crippen LogP contribution < -0.4 is 5.43 Å². The lowest BCUT2D eigenvalue weighted by atomic mass is 10.2. The monoisotopic (exact) mass is 404 g/mol. The van der Waals surface area contributed by atoms with Crippen LogP contribution in [-0.4, -0.2) is 32.1 Å². The van der Waals surface area contributed by atoms with E-state index in [-0.39, 0.29) is 17.4 Å². The minimum Gasteiger partial charge on any atom is -0.333 e. The summed E-state index contributed by atoms with van der Waals surface area (Å²) in [4.78, 5) is 31.7. The van der Waals surface area contributed by atoms with E-state index in [1.807, 2.05) is 41.3 Å². The van der Waals surface area contributed by atoms with E-state index in [0.717, 1.165) is 40.1 Å². The predicted octanol–water partition coefficient (Wildman–Crippen LogP) is 3.76. The fraction of sp³-hybridized carbons (Fsp3) is 0.273. The fourth-order valence-corrected chi connectivity index (χ4v) is 5.15. The van der Waals surface area contributed by atoms with Crippen molar-refractivity contribution >= 4 is 38.4 Å². The predicted molar refractivity (Wildman–Crippen MR) is 114 cm³/mol. The van der Waals surface area contributed by atoms with Crippen LogP contribution in [0.1, 0.15) is 30.3 Å². The number of thiazole rings is 1. The van der Waals surface area contributed by atoms with Crippen LogP contribution in [-0.2, 0) is 11.3 Å². The number of hydrogen-bond donors (Lipinski definition) is 0. The van der Waals surface area contributed by atoms with Gasteiger partial charge in [-0.15, -0.1) is 11.3 Å². The normalized spacial score (nSPS) is 16.7. The highest BCUT2D eigenvalue weighted by Crippen LogP contribution is 2.36. The van der Waals surface area contributed by atoms with Crippen molar-refractivity contribution < 1.29 is 4.79 Å². The van der Waals surface area contributed by atoms with Gasteiger partial charge in [0.05, 0.1) is 34.5 Å². The standard InChI is InChI=1S/C22H20N4O2S/c27-19-14-23-26(17-8-3-1-6-15(17)19)13-11-21(28)25-12-5-9-18(25)22-24-16-7-2-4-10-20(16)29-22/h1-4,6-8,10,14,18H,5,9,11-13H2/t18-/m1/s1. The van der Waals surface area contributed by atoms with Crippen molar-refractivity contribution in [3.8, 4) is 0 Å². The van der Waals surface area contributed by atoms with Gasteiger partial charge in [-0.2, -0.15) is 5.10 Å². The molecular weight excluding hydrogens is 384 g/mol. The van der Waals surface area contributed by atoms with Gasteiger partial charge in [-0.05, 0) is 37.1 Å². The number of nitrogens with zero attached hydrogens (tertiary/aromatic N) is 4. The summed E-state index contributed by atoms with van der Waals surface area (Å²) in [7, 11) is 0. The van der Waals surface area contributed by atoms with Gasteiger partial charge >= 0.3 is 0 Å². The summed E-state index contributed by atoms with van der Waals surface area (Å²) in [5.41, 5.74) is 1.66. The fourth-order valence-electron chi connectivity index (χ4n) is 4.04. The summed E-state index contributed by atoms with van der Waals surface area (Å²) in [6.45, 7) is 1.21. The van der Waals surface area contributed by atoms with Gasteiger partial charge in [0.1, 0.15) is 5.01 Å². The maximum atomic E-state index is 13.0. The molecule has 0 radical (unpaired) electrons. The zero-order valence-electron chi connectivity index (χ0n) is 15.8. The van der Waals surface area contributed by atoms with Crippen LogP contribution >= 0.6 is 11.3 Å². The maximum Gasteiger partial charge on any atom is 0.225 e. The van der Waals surface area contributed by atoms with Crippen molar-refractivity contribution in [3.05, 3.63) is 70.0 Å². The van der Waals surface area contributed by atoms with Gasteiger partial charge < -0.3 is 4.90 Å². The molecule has 0 saturated carbocycles. The largest absolute Gasteiger partial charge is 0.333 e. The Kier molecular flexibility index (Phi) is 4.60. The number of aryl methyl sites for hydroxylation is 1. The van der Waals surface area contributed by atoms with Gasteiger partial charge in [-0.3, -0.25) is 14.3 Å². The molecule has 0 aliphatic carbocycles. The molecule has 0 spiro atoms. The smallest absolute Gasteiger partial charge is 0.225 e. The first-order chi connectivity index (χ1) is 14.2. The zero-order chi connectivity index (χ0) is 19.8. The van der Waals surface area contributed by atoms with Crippen LogP contribution in [0.15, 0.2) is 59.5 Å². The maximum absolute atomic E-state index is 13.0. The van der Waals surface area contributed by atoms with E-state index in [4.69, 9.17) is 4.98 Å². The van der Waals surface area contributed by atoms with Crippen molar-refractivity contribution in [1.82, 2.24) is 19.7 Å². The average Bonchev–Trinajstić information content (AvgIpc) is 3.40. The molecule has 1 atom stereocenters. The number of hydrogen-bond acceptors (Lipinski definition) is 5. The van der Waals surface area contributed by atoms with E-state index in [0.29, 0.717) is 18.4 Å². The SMILES string of the molecule is O=C(CCn1ncc(=O)c2ccccc21)N1CCC[C@@H]1c1nc2ccccc2s1. The molecule has 1 amide bonds. The summed E-state index contributed by atoms with van der Waals surface area (Å²) in [5, 5.41) is 5.88. The van der Waals surface area contributed by atoms with Gasteiger partial charge in [0.25, 0.3) is 0 Å². The molecule has 7 heteroatoms. The second kappa shape index (κ2) is 7.40. The van der Waals surface area contributed by atoms with Gasteiger partial charge in [0.2, 0.25) is 11.3 Å². The second-order valence-corrected chi connectivity index (χ2v) is 8.33. The molecule has 1 aliphatic rings. The molecule has 0 N–H and O–H groups in total. The third-order valence-corrected chi connectivity index (χ3v) is 6.61. The Bertz CT molecular complexity index is 1230. The number of fused-ring (bicyclic) bond motifs is 2. The van der Waals surface area contributed by atoms with Crippen molar-refractivity contribution in [2.24, 2.45) is 0 Å². The molecule has 1 saturated heterocycles. The van der Waals surface area contributed by atoms with E-state index < -0.39 is 0 Å². The van der Waals surface area contributed by atoms with Crippen molar-refractivity contribution in [2.75, 3.05) is 6.54 Å². The molecule has 29 heavy (non-hydrogen) atoms. The lowest BCUT2D eigenvalue weighted by Gasteiger charge is -2.23. The molecule has 6 nitrogen and oxygen atoms in total. The molecular formula is C22H20N4O2S. The number of benzene rings is 2. The van der Waals surface area contributed by atoms with E-state index in [1.54, 1.807) is 22.1 Å². The Morgan fingerprint density at radius 3 is 2.86 bits per heavy atom. The lowest BCUT2D eigenvalue weighted by Crippen LogP contribution is -2.31. The minimum absolute atomic E-state index is 0.0543. The van der Waals surface area contributed by atoms with Crippen LogP contribution in [0.5, 0.6) is 0 Å². The van der Waals surface area contributed by atoms with Gasteiger partial charge in [-0.25, -0.2) is 4.98 Å². The molecule has 0 unspecified atom stereocenters. The number of carbonyl (C=O) groups excluding carboxylic acids is 1. The highest BCUT2D eigenvalue weighted by atomic mass is 32.1. The number of amides is 1. The molecule has 1 fully saturated rings. The summed E-state index contributed by atoms with van der Waals surface area (Å²) < 4.78 is 2.91. The third kappa shape index (κ3) is 3.31. The molecule has 3 heterocycles. The quantitative estimate of drug-likeness (QED) is 0.519. The Labute approximate surface area is 171 Å². The number of rotatable bonds is 4. The van der Waals surface area contributed by atoms with Crippen LogP contribution in [0.3, 0.4) is 0 Å². The first-order valence-corrected chi connectivity index (χ1v) is 10.6. The Morgan fingerprint density at radius 1 is 1.14 bits per heavy atom.